The summed E-state index contributed by atoms with van der Waals surface area (Å²) in [4.78, 5) is 0.331. The number of hydrogen-bond acceptors (Lipinski definition) is 4. The molecule has 140 valence electrons. The van der Waals surface area contributed by atoms with Crippen molar-refractivity contribution in [3.8, 4) is 0 Å². The van der Waals surface area contributed by atoms with E-state index in [0.29, 0.717) is 21.4 Å². The normalized spacial score (nSPS) is 12.8. The zero-order valence-corrected chi connectivity index (χ0v) is 17.8. The molecule has 26 heavy (non-hydrogen) atoms. The molecule has 1 N–H and O–H groups in total. The van der Waals surface area contributed by atoms with Crippen molar-refractivity contribution in [1.29, 1.82) is 0 Å². The Balaban J connectivity index is 2.10. The zero-order chi connectivity index (χ0) is 19.2. The number of rotatable bonds is 7. The van der Waals surface area contributed by atoms with E-state index in [4.69, 9.17) is 12.2 Å². The minimum absolute atomic E-state index is 0.231. The van der Waals surface area contributed by atoms with Crippen LogP contribution >= 0.6 is 24.0 Å². The van der Waals surface area contributed by atoms with E-state index >= 15 is 0 Å². The first-order chi connectivity index (χ1) is 12.3. The lowest BCUT2D eigenvalue weighted by atomic mass is 10.1. The van der Waals surface area contributed by atoms with Crippen LogP contribution in [0.3, 0.4) is 0 Å². The van der Waals surface area contributed by atoms with Gasteiger partial charge in [0.1, 0.15) is 9.69 Å². The Hall–Kier alpha value is -1.37. The van der Waals surface area contributed by atoms with Gasteiger partial charge in [-0.15, -0.1) is 0 Å². The first-order valence-corrected chi connectivity index (χ1v) is 11.5. The third-order valence-electron chi connectivity index (χ3n) is 3.90. The van der Waals surface area contributed by atoms with Gasteiger partial charge in [-0.05, 0) is 37.0 Å². The van der Waals surface area contributed by atoms with Crippen LogP contribution in [0.5, 0.6) is 0 Å². The molecule has 0 fully saturated rings. The lowest BCUT2D eigenvalue weighted by Gasteiger charge is -2.22. The Bertz CT molecular complexity index is 816. The summed E-state index contributed by atoms with van der Waals surface area (Å²) in [6.45, 7) is 5.97. The standard InChI is InChI=1S/C20H25NO2S3/c1-15(2)13-19(26(22,23)18-11-9-16(3)10-12-18)21-20(24)25-14-17-7-5-4-6-8-17/h4-12,15,19H,13-14H2,1-3H3,(H,21,24). The zero-order valence-electron chi connectivity index (χ0n) is 15.3. The molecule has 2 aromatic rings. The fourth-order valence-corrected chi connectivity index (χ4v) is 5.42. The van der Waals surface area contributed by atoms with Gasteiger partial charge in [-0.1, -0.05) is 85.9 Å². The van der Waals surface area contributed by atoms with Crippen LogP contribution in [0.1, 0.15) is 31.4 Å². The summed E-state index contributed by atoms with van der Waals surface area (Å²) in [7, 11) is -3.50. The maximum atomic E-state index is 13.1. The molecule has 0 radical (unpaired) electrons. The van der Waals surface area contributed by atoms with E-state index < -0.39 is 15.2 Å². The molecule has 0 saturated carbocycles. The Kier molecular flexibility index (Phi) is 7.68. The molecule has 2 aromatic carbocycles. The molecule has 0 bridgehead atoms. The Morgan fingerprint density at radius 3 is 2.27 bits per heavy atom. The van der Waals surface area contributed by atoms with E-state index in [1.807, 2.05) is 63.2 Å². The third kappa shape index (κ3) is 6.11. The molecule has 3 nitrogen and oxygen atoms in total. The van der Waals surface area contributed by atoms with Gasteiger partial charge in [0.2, 0.25) is 0 Å². The van der Waals surface area contributed by atoms with Crippen molar-refractivity contribution in [2.24, 2.45) is 5.92 Å². The molecule has 0 aliphatic carbocycles. The van der Waals surface area contributed by atoms with Gasteiger partial charge in [-0.25, -0.2) is 8.42 Å². The fraction of sp³-hybridized carbons (Fsp3) is 0.350. The van der Waals surface area contributed by atoms with Gasteiger partial charge in [0.05, 0.1) is 4.90 Å². The highest BCUT2D eigenvalue weighted by molar-refractivity contribution is 8.22. The van der Waals surface area contributed by atoms with E-state index in [1.165, 1.54) is 11.8 Å². The molecular formula is C20H25NO2S3. The van der Waals surface area contributed by atoms with Gasteiger partial charge < -0.3 is 5.32 Å². The number of nitrogens with one attached hydrogen (secondary N) is 1. The van der Waals surface area contributed by atoms with Gasteiger partial charge in [-0.3, -0.25) is 0 Å². The number of benzene rings is 2. The van der Waals surface area contributed by atoms with E-state index in [2.05, 4.69) is 5.32 Å². The van der Waals surface area contributed by atoms with Crippen molar-refractivity contribution < 1.29 is 8.42 Å². The van der Waals surface area contributed by atoms with Gasteiger partial charge in [0.15, 0.2) is 9.84 Å². The maximum absolute atomic E-state index is 13.1. The second-order valence-electron chi connectivity index (χ2n) is 6.68. The molecule has 0 heterocycles. The van der Waals surface area contributed by atoms with E-state index in [-0.39, 0.29) is 5.92 Å². The Morgan fingerprint density at radius 1 is 1.08 bits per heavy atom. The van der Waals surface area contributed by atoms with Crippen LogP contribution < -0.4 is 5.32 Å². The second-order valence-corrected chi connectivity index (χ2v) is 10.5. The predicted octanol–water partition coefficient (Wildman–Crippen LogP) is 4.95. The molecule has 0 amide bonds. The maximum Gasteiger partial charge on any atom is 0.199 e. The van der Waals surface area contributed by atoms with Crippen molar-refractivity contribution in [1.82, 2.24) is 5.32 Å². The molecule has 2 rings (SSSR count). The molecule has 0 aliphatic rings. The number of sulfone groups is 1. The van der Waals surface area contributed by atoms with Crippen LogP contribution in [-0.2, 0) is 15.6 Å². The topological polar surface area (TPSA) is 46.2 Å². The van der Waals surface area contributed by atoms with Crippen LogP contribution in [0.15, 0.2) is 59.5 Å². The van der Waals surface area contributed by atoms with Crippen molar-refractivity contribution in [2.75, 3.05) is 0 Å². The van der Waals surface area contributed by atoms with Crippen LogP contribution in [0.4, 0.5) is 0 Å². The quantitative estimate of drug-likeness (QED) is 0.658. The van der Waals surface area contributed by atoms with E-state index in [0.717, 1.165) is 11.1 Å². The number of thioether (sulfide) groups is 1. The first kappa shape index (κ1) is 20.9. The highest BCUT2D eigenvalue weighted by atomic mass is 32.2. The fourth-order valence-electron chi connectivity index (χ4n) is 2.48. The van der Waals surface area contributed by atoms with Crippen LogP contribution in [0, 0.1) is 12.8 Å². The SMILES string of the molecule is Cc1ccc(S(=O)(=O)C(CC(C)C)NC(=S)SCc2ccccc2)cc1. The van der Waals surface area contributed by atoms with E-state index in [1.54, 1.807) is 12.1 Å². The summed E-state index contributed by atoms with van der Waals surface area (Å²) in [5, 5.41) is 2.36. The summed E-state index contributed by atoms with van der Waals surface area (Å²) in [5.74, 6) is 0.945. The third-order valence-corrected chi connectivity index (χ3v) is 7.22. The molecule has 0 spiro atoms. The minimum atomic E-state index is -3.50. The van der Waals surface area contributed by atoms with Gasteiger partial charge in [0, 0.05) is 5.75 Å². The predicted molar refractivity (Wildman–Crippen MR) is 115 cm³/mol. The highest BCUT2D eigenvalue weighted by Gasteiger charge is 2.28. The summed E-state index contributed by atoms with van der Waals surface area (Å²) in [6.07, 6.45) is 0.502. The second kappa shape index (κ2) is 9.53. The summed E-state index contributed by atoms with van der Waals surface area (Å²) in [5.41, 5.74) is 2.19. The van der Waals surface area contributed by atoms with Gasteiger partial charge in [0.25, 0.3) is 0 Å². The smallest absolute Gasteiger partial charge is 0.199 e. The van der Waals surface area contributed by atoms with E-state index in [9.17, 15) is 8.42 Å². The summed E-state index contributed by atoms with van der Waals surface area (Å²) in [6, 6.07) is 17.0. The molecule has 1 atom stereocenters. The molecule has 0 saturated heterocycles. The van der Waals surface area contributed by atoms with Crippen LogP contribution in [0.2, 0.25) is 0 Å². The number of thiocarbonyl (C=S) groups is 1. The Morgan fingerprint density at radius 2 is 1.69 bits per heavy atom. The van der Waals surface area contributed by atoms with Crippen LogP contribution in [-0.4, -0.2) is 18.1 Å². The Labute approximate surface area is 166 Å². The number of hydrogen-bond donors (Lipinski definition) is 1. The monoisotopic (exact) mass is 407 g/mol. The summed E-state index contributed by atoms with van der Waals surface area (Å²) < 4.78 is 26.6. The molecule has 0 aromatic heterocycles. The lowest BCUT2D eigenvalue weighted by Crippen LogP contribution is -2.40. The van der Waals surface area contributed by atoms with Crippen molar-refractivity contribution in [2.45, 2.75) is 43.2 Å². The largest absolute Gasteiger partial charge is 0.354 e. The van der Waals surface area contributed by atoms with Crippen molar-refractivity contribution in [3.63, 3.8) is 0 Å². The highest BCUT2D eigenvalue weighted by Crippen LogP contribution is 2.22. The molecular weight excluding hydrogens is 382 g/mol. The minimum Gasteiger partial charge on any atom is -0.354 e. The lowest BCUT2D eigenvalue weighted by molar-refractivity contribution is 0.513. The summed E-state index contributed by atoms with van der Waals surface area (Å²) >= 11 is 6.86. The first-order valence-electron chi connectivity index (χ1n) is 8.57. The molecule has 1 unspecified atom stereocenters. The molecule has 6 heteroatoms. The average Bonchev–Trinajstić information content (AvgIpc) is 2.60. The van der Waals surface area contributed by atoms with Crippen molar-refractivity contribution in [3.05, 3.63) is 65.7 Å². The van der Waals surface area contributed by atoms with Crippen molar-refractivity contribution >= 4 is 38.1 Å². The van der Waals surface area contributed by atoms with Gasteiger partial charge in [-0.2, -0.15) is 0 Å². The average molecular weight is 408 g/mol. The van der Waals surface area contributed by atoms with Gasteiger partial charge >= 0.3 is 0 Å². The molecule has 0 aliphatic heterocycles. The van der Waals surface area contributed by atoms with Crippen LogP contribution in [0.25, 0.3) is 0 Å². The number of aryl methyl sites for hydroxylation is 1.